The Hall–Kier alpha value is -4.49. The molecule has 0 bridgehead atoms. The number of carbonyl (C=O) groups excluding carboxylic acids is 1. The average Bonchev–Trinajstić information content (AvgIpc) is 3.44. The summed E-state index contributed by atoms with van der Waals surface area (Å²) in [6, 6.07) is 7.51. The van der Waals surface area contributed by atoms with Crippen molar-refractivity contribution in [1.82, 2.24) is 39.5 Å². The lowest BCUT2D eigenvalue weighted by Gasteiger charge is -2.15. The normalized spacial score (nSPS) is 12.8. The molecule has 0 aliphatic heterocycles. The molecule has 0 saturated carbocycles. The highest BCUT2D eigenvalue weighted by Crippen LogP contribution is 2.28. The van der Waals surface area contributed by atoms with Gasteiger partial charge in [-0.05, 0) is 36.4 Å². The Morgan fingerprint density at radius 3 is 2.41 bits per heavy atom. The van der Waals surface area contributed by atoms with E-state index < -0.39 is 66.5 Å². The van der Waals surface area contributed by atoms with E-state index in [4.69, 9.17) is 17.4 Å². The molecule has 3 heterocycles. The van der Waals surface area contributed by atoms with Gasteiger partial charge in [0.2, 0.25) is 5.82 Å². The molecule has 0 saturated heterocycles. The fourth-order valence-electron chi connectivity index (χ4n) is 3.46. The second-order valence-electron chi connectivity index (χ2n) is 8.05. The molecule has 0 aliphatic carbocycles. The lowest BCUT2D eigenvalue weighted by molar-refractivity contribution is -0.274. The number of nitrogens with one attached hydrogen (secondary N) is 1. The smallest absolute Gasteiger partial charge is 0.402 e. The van der Waals surface area contributed by atoms with Crippen LogP contribution in [0.4, 0.5) is 26.3 Å². The summed E-state index contributed by atoms with van der Waals surface area (Å²) in [5.41, 5.74) is 0.752. The van der Waals surface area contributed by atoms with Crippen molar-refractivity contribution < 1.29 is 41.0 Å². The molecule has 4 rings (SSSR count). The first-order chi connectivity index (χ1) is 19.2. The van der Waals surface area contributed by atoms with Crippen LogP contribution < -0.4 is 21.7 Å². The second kappa shape index (κ2) is 11.2. The van der Waals surface area contributed by atoms with E-state index in [0.717, 1.165) is 18.3 Å². The standard InChI is InChI=1S/C21H16ClF6N9O4/c22-11-5-3-10(4-6-11)15-34-36(19(40)35(15)8-13(38)20(23,24)25)9-14-31-17(18(39)32-29)37(33-14)16-12(2-1-7-30-16)41-21(26,27)28/h1-7,13,38H,8-9,29H2,(H,32,39)/t13-/m0/s1. The van der Waals surface area contributed by atoms with Crippen molar-refractivity contribution in [2.45, 2.75) is 31.7 Å². The first-order valence-electron chi connectivity index (χ1n) is 11.0. The fourth-order valence-corrected chi connectivity index (χ4v) is 3.58. The number of nitrogens with two attached hydrogens (primary N) is 1. The molecule has 41 heavy (non-hydrogen) atoms. The van der Waals surface area contributed by atoms with Crippen LogP contribution >= 0.6 is 11.6 Å². The van der Waals surface area contributed by atoms with Gasteiger partial charge in [-0.25, -0.2) is 25.3 Å². The van der Waals surface area contributed by atoms with Gasteiger partial charge in [0.05, 0.1) is 6.54 Å². The molecular weight excluding hydrogens is 592 g/mol. The molecule has 3 aromatic heterocycles. The number of alkyl halides is 6. The van der Waals surface area contributed by atoms with Crippen LogP contribution in [-0.4, -0.2) is 63.8 Å². The van der Waals surface area contributed by atoms with Crippen molar-refractivity contribution in [2.24, 2.45) is 5.84 Å². The Morgan fingerprint density at radius 2 is 1.80 bits per heavy atom. The zero-order valence-electron chi connectivity index (χ0n) is 20.1. The molecule has 1 atom stereocenters. The number of rotatable bonds is 8. The van der Waals surface area contributed by atoms with Crippen molar-refractivity contribution in [2.75, 3.05) is 0 Å². The van der Waals surface area contributed by atoms with Gasteiger partial charge in [-0.2, -0.15) is 17.9 Å². The number of pyridine rings is 1. The van der Waals surface area contributed by atoms with Crippen LogP contribution in [0.1, 0.15) is 16.4 Å². The van der Waals surface area contributed by atoms with Gasteiger partial charge in [-0.1, -0.05) is 11.6 Å². The van der Waals surface area contributed by atoms with E-state index in [1.165, 1.54) is 24.3 Å². The summed E-state index contributed by atoms with van der Waals surface area (Å²) in [4.78, 5) is 33.1. The van der Waals surface area contributed by atoms with Gasteiger partial charge < -0.3 is 9.84 Å². The van der Waals surface area contributed by atoms with Crippen LogP contribution in [0.15, 0.2) is 47.4 Å². The maximum atomic E-state index is 13.1. The number of halogens is 7. The first kappa shape index (κ1) is 29.5. The molecule has 1 aromatic carbocycles. The summed E-state index contributed by atoms with van der Waals surface area (Å²) in [5.74, 6) is 1.16. The van der Waals surface area contributed by atoms with E-state index in [0.29, 0.717) is 13.9 Å². The quantitative estimate of drug-likeness (QED) is 0.117. The maximum absolute atomic E-state index is 13.1. The topological polar surface area (TPSA) is 168 Å². The molecule has 0 spiro atoms. The largest absolute Gasteiger partial charge is 0.573 e. The molecule has 4 aromatic rings. The highest BCUT2D eigenvalue weighted by Gasteiger charge is 2.39. The monoisotopic (exact) mass is 607 g/mol. The van der Waals surface area contributed by atoms with Gasteiger partial charge in [-0.3, -0.25) is 14.8 Å². The number of hydrazine groups is 1. The van der Waals surface area contributed by atoms with Crippen LogP contribution in [-0.2, 0) is 13.1 Å². The lowest BCUT2D eigenvalue weighted by Crippen LogP contribution is -2.37. The van der Waals surface area contributed by atoms with E-state index in [2.05, 4.69) is 24.9 Å². The average molecular weight is 608 g/mol. The number of aliphatic hydroxyl groups excluding tert-OH is 1. The lowest BCUT2D eigenvalue weighted by atomic mass is 10.2. The van der Waals surface area contributed by atoms with E-state index in [1.807, 2.05) is 0 Å². The van der Waals surface area contributed by atoms with Crippen LogP contribution in [0, 0.1) is 0 Å². The summed E-state index contributed by atoms with van der Waals surface area (Å²) in [6.45, 7) is -1.91. The van der Waals surface area contributed by atoms with Crippen molar-refractivity contribution in [1.29, 1.82) is 0 Å². The van der Waals surface area contributed by atoms with Gasteiger partial charge in [0.25, 0.3) is 0 Å². The summed E-state index contributed by atoms with van der Waals surface area (Å²) in [7, 11) is 0. The Labute approximate surface area is 228 Å². The Kier molecular flexibility index (Phi) is 8.04. The van der Waals surface area contributed by atoms with Gasteiger partial charge in [-0.15, -0.1) is 23.4 Å². The molecule has 4 N–H and O–H groups in total. The minimum atomic E-state index is -5.14. The molecular formula is C21H16ClF6N9O4. The van der Waals surface area contributed by atoms with Crippen molar-refractivity contribution >= 4 is 17.5 Å². The number of aromatic nitrogens is 7. The van der Waals surface area contributed by atoms with Crippen LogP contribution in [0.3, 0.4) is 0 Å². The van der Waals surface area contributed by atoms with E-state index in [9.17, 15) is 41.0 Å². The molecule has 0 unspecified atom stereocenters. The summed E-state index contributed by atoms with van der Waals surface area (Å²) >= 11 is 5.86. The van der Waals surface area contributed by atoms with E-state index in [1.54, 1.807) is 5.43 Å². The minimum Gasteiger partial charge on any atom is -0.402 e. The van der Waals surface area contributed by atoms with Crippen LogP contribution in [0.5, 0.6) is 5.75 Å². The molecule has 0 fully saturated rings. The zero-order valence-corrected chi connectivity index (χ0v) is 20.8. The first-order valence-corrected chi connectivity index (χ1v) is 11.4. The number of nitrogen functional groups attached to an aromatic ring is 1. The Balaban J connectivity index is 1.80. The molecule has 218 valence electrons. The predicted molar refractivity (Wildman–Crippen MR) is 126 cm³/mol. The number of benzene rings is 1. The molecule has 20 heteroatoms. The number of nitrogens with zero attached hydrogens (tertiary/aromatic N) is 7. The SMILES string of the molecule is NNC(=O)c1nc(Cn2nc(-c3ccc(Cl)cc3)n(C[C@H](O)C(F)(F)F)c2=O)nn1-c1ncccc1OC(F)(F)F. The molecule has 0 aliphatic rings. The Bertz CT molecular complexity index is 1620. The Morgan fingerprint density at radius 1 is 1.12 bits per heavy atom. The third-order valence-corrected chi connectivity index (χ3v) is 5.46. The predicted octanol–water partition coefficient (Wildman–Crippen LogP) is 1.81. The molecule has 13 nitrogen and oxygen atoms in total. The van der Waals surface area contributed by atoms with Gasteiger partial charge in [0.1, 0.15) is 6.54 Å². The maximum Gasteiger partial charge on any atom is 0.573 e. The van der Waals surface area contributed by atoms with Crippen molar-refractivity contribution in [3.63, 3.8) is 0 Å². The molecule has 1 amide bonds. The fraction of sp³-hybridized carbons (Fsp3) is 0.238. The van der Waals surface area contributed by atoms with Crippen molar-refractivity contribution in [3.05, 3.63) is 69.8 Å². The third-order valence-electron chi connectivity index (χ3n) is 5.21. The number of hydrogen-bond donors (Lipinski definition) is 3. The number of aliphatic hydroxyl groups is 1. The van der Waals surface area contributed by atoms with Crippen LogP contribution in [0.25, 0.3) is 17.2 Å². The number of ether oxygens (including phenoxy) is 1. The third kappa shape index (κ3) is 6.64. The highest BCUT2D eigenvalue weighted by atomic mass is 35.5. The van der Waals surface area contributed by atoms with E-state index in [-0.39, 0.29) is 16.4 Å². The van der Waals surface area contributed by atoms with Gasteiger partial charge >= 0.3 is 24.1 Å². The van der Waals surface area contributed by atoms with Crippen molar-refractivity contribution in [3.8, 4) is 23.0 Å². The zero-order chi connectivity index (χ0) is 30.1. The summed E-state index contributed by atoms with van der Waals surface area (Å²) in [6.07, 6.45) is -12.1. The van der Waals surface area contributed by atoms with Crippen LogP contribution in [0.2, 0.25) is 5.02 Å². The molecule has 0 radical (unpaired) electrons. The number of carbonyl (C=O) groups is 1. The highest BCUT2D eigenvalue weighted by molar-refractivity contribution is 6.30. The van der Waals surface area contributed by atoms with E-state index >= 15 is 0 Å². The van der Waals surface area contributed by atoms with Gasteiger partial charge in [0, 0.05) is 16.8 Å². The number of hydrogen-bond acceptors (Lipinski definition) is 9. The summed E-state index contributed by atoms with van der Waals surface area (Å²) < 4.78 is 83.7. The van der Waals surface area contributed by atoms with Gasteiger partial charge in [0.15, 0.2) is 29.3 Å². The summed E-state index contributed by atoms with van der Waals surface area (Å²) in [5, 5.41) is 17.8. The number of amides is 1. The minimum absolute atomic E-state index is 0.156. The second-order valence-corrected chi connectivity index (χ2v) is 8.49.